The molecule has 10 rings (SSSR count). The van der Waals surface area contributed by atoms with Gasteiger partial charge >= 0.3 is 24.0 Å². The molecule has 4 aromatic heterocycles. The van der Waals surface area contributed by atoms with Crippen molar-refractivity contribution in [3.63, 3.8) is 0 Å². The Morgan fingerprint density at radius 2 is 1.12 bits per heavy atom. The van der Waals surface area contributed by atoms with Crippen LogP contribution in [0.2, 0.25) is 5.02 Å². The highest BCUT2D eigenvalue weighted by atomic mass is 35.5. The number of ether oxygens (including phenoxy) is 5. The van der Waals surface area contributed by atoms with Crippen LogP contribution in [0.15, 0.2) is 94.0 Å². The van der Waals surface area contributed by atoms with Gasteiger partial charge in [-0.15, -0.1) is 0 Å². The summed E-state index contributed by atoms with van der Waals surface area (Å²) >= 11 is 6.06. The molecule has 0 aliphatic heterocycles. The Labute approximate surface area is 374 Å². The number of aryl methyl sites for hydroxylation is 4. The van der Waals surface area contributed by atoms with Gasteiger partial charge in [-0.1, -0.05) is 29.8 Å². The van der Waals surface area contributed by atoms with Gasteiger partial charge in [0, 0.05) is 16.1 Å². The number of oxazole rings is 2. The van der Waals surface area contributed by atoms with Crippen molar-refractivity contribution in [2.45, 2.75) is 65.6 Å². The van der Waals surface area contributed by atoms with Gasteiger partial charge in [0.1, 0.15) is 40.5 Å². The molecule has 0 amide bonds. The summed E-state index contributed by atoms with van der Waals surface area (Å²) in [5, 5.41) is 0.527. The lowest BCUT2D eigenvalue weighted by Gasteiger charge is -2.36. The number of fused-ring (bicyclic) bond motifs is 2. The van der Waals surface area contributed by atoms with E-state index in [4.69, 9.17) is 44.1 Å². The standard InChI is InChI=1S/C48H38ClFN6O9/c1-23-12-27(41-53-36-21-51-47(55-43(36)63-41)61-32-9-7-8-31(49)20-32)13-24(2)39(23)59-33-16-29(17-33)45(57)65-46(58)30-18-34(19-30)60-40-25(3)14-28(15-26(40)4)42-54-37-22-52-48(56-44(37)64-42)62-38-11-6-5-10-35(38)50/h5-15,20-22,29-30,33-34H,16-19H2,1-4H3. The molecule has 8 aromatic rings. The minimum Gasteiger partial charge on any atom is -0.490 e. The third-order valence-corrected chi connectivity index (χ3v) is 11.6. The fourth-order valence-corrected chi connectivity index (χ4v) is 8.05. The Bertz CT molecular complexity index is 3120. The molecular weight excluding hydrogens is 859 g/mol. The number of aromatic nitrogens is 6. The number of carbonyl (C=O) groups is 2. The summed E-state index contributed by atoms with van der Waals surface area (Å²) < 4.78 is 55.2. The predicted octanol–water partition coefficient (Wildman–Crippen LogP) is 10.6. The maximum Gasteiger partial charge on any atom is 0.325 e. The molecule has 65 heavy (non-hydrogen) atoms. The minimum atomic E-state index is -0.540. The number of rotatable bonds is 12. The number of hydrogen-bond acceptors (Lipinski definition) is 15. The second-order valence-corrected chi connectivity index (χ2v) is 16.7. The molecule has 0 spiro atoms. The van der Waals surface area contributed by atoms with E-state index in [2.05, 4.69) is 29.9 Å². The molecule has 2 aliphatic rings. The Balaban J connectivity index is 0.693. The quantitative estimate of drug-likeness (QED) is 0.0833. The van der Waals surface area contributed by atoms with Gasteiger partial charge in [-0.05, 0) is 130 Å². The lowest BCUT2D eigenvalue weighted by Crippen LogP contribution is -2.43. The van der Waals surface area contributed by atoms with Gasteiger partial charge in [0.25, 0.3) is 11.4 Å². The Hall–Kier alpha value is -7.46. The fraction of sp³-hybridized carbons (Fsp3) is 0.250. The molecule has 0 N–H and O–H groups in total. The van der Waals surface area contributed by atoms with Gasteiger partial charge in [-0.3, -0.25) is 9.59 Å². The summed E-state index contributed by atoms with van der Waals surface area (Å²) in [6, 6.07) is 20.5. The van der Waals surface area contributed by atoms with E-state index in [1.54, 1.807) is 36.4 Å². The molecule has 4 aromatic carbocycles. The van der Waals surface area contributed by atoms with Crippen LogP contribution in [-0.4, -0.2) is 54.1 Å². The highest BCUT2D eigenvalue weighted by Gasteiger charge is 2.42. The lowest BCUT2D eigenvalue weighted by molar-refractivity contribution is -0.172. The van der Waals surface area contributed by atoms with E-state index in [-0.39, 0.29) is 41.4 Å². The van der Waals surface area contributed by atoms with Crippen LogP contribution in [0.25, 0.3) is 45.4 Å². The van der Waals surface area contributed by atoms with Gasteiger partial charge in [-0.2, -0.15) is 9.97 Å². The van der Waals surface area contributed by atoms with Crippen molar-refractivity contribution >= 4 is 46.0 Å². The summed E-state index contributed by atoms with van der Waals surface area (Å²) in [6.07, 6.45) is 4.27. The Kier molecular flexibility index (Phi) is 10.8. The predicted molar refractivity (Wildman–Crippen MR) is 232 cm³/mol. The fourth-order valence-electron chi connectivity index (χ4n) is 7.87. The lowest BCUT2D eigenvalue weighted by atomic mass is 9.81. The number of para-hydroxylation sites is 1. The van der Waals surface area contributed by atoms with Crippen molar-refractivity contribution in [2.24, 2.45) is 11.8 Å². The molecule has 15 nitrogen and oxygen atoms in total. The van der Waals surface area contributed by atoms with Crippen LogP contribution >= 0.6 is 11.6 Å². The maximum atomic E-state index is 14.1. The van der Waals surface area contributed by atoms with Crippen LogP contribution in [-0.2, 0) is 14.3 Å². The van der Waals surface area contributed by atoms with E-state index in [1.165, 1.54) is 24.5 Å². The van der Waals surface area contributed by atoms with Gasteiger partial charge in [0.15, 0.2) is 11.6 Å². The summed E-state index contributed by atoms with van der Waals surface area (Å²) in [5.41, 5.74) is 6.21. The van der Waals surface area contributed by atoms with Crippen LogP contribution in [0, 0.1) is 45.3 Å². The number of halogens is 2. The number of carbonyl (C=O) groups excluding carboxylic acids is 2. The monoisotopic (exact) mass is 896 g/mol. The first-order valence-electron chi connectivity index (χ1n) is 20.8. The Morgan fingerprint density at radius 1 is 0.631 bits per heavy atom. The molecule has 0 radical (unpaired) electrons. The Morgan fingerprint density at radius 3 is 1.62 bits per heavy atom. The van der Waals surface area contributed by atoms with Crippen molar-refractivity contribution in [1.82, 2.24) is 29.9 Å². The maximum absolute atomic E-state index is 14.1. The van der Waals surface area contributed by atoms with Gasteiger partial charge in [0.05, 0.1) is 24.2 Å². The van der Waals surface area contributed by atoms with Crippen molar-refractivity contribution in [3.05, 3.63) is 118 Å². The molecule has 2 fully saturated rings. The molecule has 17 heteroatoms. The summed E-state index contributed by atoms with van der Waals surface area (Å²) in [7, 11) is 0. The van der Waals surface area contributed by atoms with Crippen LogP contribution in [0.3, 0.4) is 0 Å². The van der Waals surface area contributed by atoms with Crippen LogP contribution < -0.4 is 18.9 Å². The summed E-state index contributed by atoms with van der Waals surface area (Å²) in [4.78, 5) is 52.0. The first-order valence-corrected chi connectivity index (χ1v) is 21.2. The van der Waals surface area contributed by atoms with Crippen LogP contribution in [0.5, 0.6) is 35.0 Å². The molecule has 0 atom stereocenters. The van der Waals surface area contributed by atoms with E-state index in [9.17, 15) is 14.0 Å². The second-order valence-electron chi connectivity index (χ2n) is 16.3. The highest BCUT2D eigenvalue weighted by Crippen LogP contribution is 2.40. The average Bonchev–Trinajstić information content (AvgIpc) is 3.87. The third kappa shape index (κ3) is 8.64. The van der Waals surface area contributed by atoms with E-state index in [0.29, 0.717) is 76.3 Å². The van der Waals surface area contributed by atoms with Gasteiger partial charge in [-0.25, -0.2) is 24.3 Å². The number of esters is 2. The normalized spacial score (nSPS) is 17.9. The SMILES string of the molecule is Cc1cc(-c2nc3cnc(Oc4cccc(Cl)c4)nc3o2)cc(C)c1OC1CC(C(=O)OC(=O)C2CC(Oc3c(C)cc(-c4nc5cnc(Oc6ccccc6F)nc5o4)cc3C)C2)C1. The molecule has 2 aliphatic carbocycles. The molecule has 0 bridgehead atoms. The first-order chi connectivity index (χ1) is 31.4. The first kappa shape index (κ1) is 41.5. The summed E-state index contributed by atoms with van der Waals surface area (Å²) in [6.45, 7) is 7.69. The van der Waals surface area contributed by atoms with E-state index in [0.717, 1.165) is 27.8 Å². The zero-order chi connectivity index (χ0) is 44.9. The molecule has 2 saturated carbocycles. The minimum absolute atomic E-state index is 0.00811. The highest BCUT2D eigenvalue weighted by molar-refractivity contribution is 6.30. The van der Waals surface area contributed by atoms with Crippen LogP contribution in [0.4, 0.5) is 4.39 Å². The van der Waals surface area contributed by atoms with E-state index < -0.39 is 29.6 Å². The third-order valence-electron chi connectivity index (χ3n) is 11.3. The number of nitrogens with zero attached hydrogens (tertiary/aromatic N) is 6. The van der Waals surface area contributed by atoms with E-state index in [1.807, 2.05) is 52.0 Å². The van der Waals surface area contributed by atoms with Gasteiger partial charge in [0.2, 0.25) is 11.8 Å². The van der Waals surface area contributed by atoms with Crippen molar-refractivity contribution in [3.8, 4) is 57.9 Å². The van der Waals surface area contributed by atoms with Crippen molar-refractivity contribution < 1.29 is 46.5 Å². The summed E-state index contributed by atoms with van der Waals surface area (Å²) in [5.74, 6) is 0.0817. The zero-order valence-corrected chi connectivity index (χ0v) is 36.1. The van der Waals surface area contributed by atoms with Crippen LogP contribution in [0.1, 0.15) is 47.9 Å². The van der Waals surface area contributed by atoms with Crippen molar-refractivity contribution in [1.29, 1.82) is 0 Å². The topological polar surface area (TPSA) is 184 Å². The smallest absolute Gasteiger partial charge is 0.325 e. The molecule has 0 unspecified atom stereocenters. The molecular formula is C48H38ClFN6O9. The van der Waals surface area contributed by atoms with E-state index >= 15 is 0 Å². The largest absolute Gasteiger partial charge is 0.490 e. The zero-order valence-electron chi connectivity index (χ0n) is 35.3. The number of hydrogen-bond donors (Lipinski definition) is 0. The molecule has 0 saturated heterocycles. The van der Waals surface area contributed by atoms with Crippen molar-refractivity contribution in [2.75, 3.05) is 0 Å². The van der Waals surface area contributed by atoms with Gasteiger partial charge < -0.3 is 32.5 Å². The molecule has 4 heterocycles. The second kappa shape index (κ2) is 16.9. The number of benzene rings is 4. The molecule has 328 valence electrons. The average molecular weight is 897 g/mol.